The molecule has 12 heavy (non-hydrogen) atoms. The molecule has 0 saturated carbocycles. The van der Waals surface area contributed by atoms with E-state index in [4.69, 9.17) is 4.74 Å². The summed E-state index contributed by atoms with van der Waals surface area (Å²) in [5.74, 6) is -0.455. The fourth-order valence-electron chi connectivity index (χ4n) is 0.755. The van der Waals surface area contributed by atoms with Gasteiger partial charge in [-0.1, -0.05) is 6.07 Å². The van der Waals surface area contributed by atoms with Gasteiger partial charge in [0.05, 0.1) is 12.7 Å². The number of hydrogen-bond donors (Lipinski definition) is 0. The van der Waals surface area contributed by atoms with Gasteiger partial charge in [0.15, 0.2) is 0 Å². The van der Waals surface area contributed by atoms with Crippen LogP contribution in [0.4, 0.5) is 4.39 Å². The van der Waals surface area contributed by atoms with Crippen LogP contribution in [0.25, 0.3) is 0 Å². The number of pyridine rings is 1. The standard InChI is InChI=1S/C9H12FNO/c1-7(2)12-6-8-3-4-9(10)11-5-8/h3-5,7H,6H2,1-2H3. The minimum absolute atomic E-state index is 0.190. The second kappa shape index (κ2) is 4.16. The molecule has 1 rings (SSSR count). The summed E-state index contributed by atoms with van der Waals surface area (Å²) in [5, 5.41) is 0. The second-order valence-electron chi connectivity index (χ2n) is 2.85. The molecule has 0 aliphatic carbocycles. The molecule has 0 amide bonds. The van der Waals surface area contributed by atoms with Crippen molar-refractivity contribution < 1.29 is 9.13 Å². The van der Waals surface area contributed by atoms with Crippen molar-refractivity contribution in [3.8, 4) is 0 Å². The van der Waals surface area contributed by atoms with Gasteiger partial charge >= 0.3 is 0 Å². The molecule has 0 radical (unpaired) electrons. The Labute approximate surface area is 71.4 Å². The molecular weight excluding hydrogens is 157 g/mol. The molecule has 0 saturated heterocycles. The van der Waals surface area contributed by atoms with Crippen LogP contribution in [0.2, 0.25) is 0 Å². The van der Waals surface area contributed by atoms with E-state index in [1.54, 1.807) is 6.07 Å². The number of ether oxygens (including phenoxy) is 1. The van der Waals surface area contributed by atoms with Gasteiger partial charge in [-0.3, -0.25) is 0 Å². The van der Waals surface area contributed by atoms with Crippen molar-refractivity contribution in [2.24, 2.45) is 0 Å². The fraction of sp³-hybridized carbons (Fsp3) is 0.444. The van der Waals surface area contributed by atoms with Gasteiger partial charge in [0, 0.05) is 6.20 Å². The van der Waals surface area contributed by atoms with Crippen molar-refractivity contribution in [3.63, 3.8) is 0 Å². The fourth-order valence-corrected chi connectivity index (χ4v) is 0.755. The molecule has 0 aliphatic heterocycles. The lowest BCUT2D eigenvalue weighted by Gasteiger charge is -2.06. The molecule has 0 aromatic carbocycles. The van der Waals surface area contributed by atoms with Gasteiger partial charge in [-0.05, 0) is 25.5 Å². The first-order chi connectivity index (χ1) is 5.68. The van der Waals surface area contributed by atoms with E-state index in [0.29, 0.717) is 6.61 Å². The summed E-state index contributed by atoms with van der Waals surface area (Å²) in [5.41, 5.74) is 0.894. The summed E-state index contributed by atoms with van der Waals surface area (Å²) in [6, 6.07) is 3.00. The summed E-state index contributed by atoms with van der Waals surface area (Å²) in [7, 11) is 0. The Kier molecular flexibility index (Phi) is 3.17. The third-order valence-corrected chi connectivity index (χ3v) is 1.37. The monoisotopic (exact) mass is 169 g/mol. The Morgan fingerprint density at radius 2 is 2.25 bits per heavy atom. The van der Waals surface area contributed by atoms with Crippen molar-refractivity contribution >= 4 is 0 Å². The Bertz CT molecular complexity index is 233. The van der Waals surface area contributed by atoms with Gasteiger partial charge in [-0.25, -0.2) is 4.98 Å². The van der Waals surface area contributed by atoms with Crippen LogP contribution in [-0.4, -0.2) is 11.1 Å². The van der Waals surface area contributed by atoms with Crippen LogP contribution in [-0.2, 0) is 11.3 Å². The average Bonchev–Trinajstić information content (AvgIpc) is 2.03. The molecule has 2 nitrogen and oxygen atoms in total. The van der Waals surface area contributed by atoms with E-state index in [1.165, 1.54) is 12.3 Å². The lowest BCUT2D eigenvalue weighted by molar-refractivity contribution is 0.0655. The molecule has 1 aromatic heterocycles. The molecule has 0 fully saturated rings. The SMILES string of the molecule is CC(C)OCc1ccc(F)nc1. The predicted octanol–water partition coefficient (Wildman–Crippen LogP) is 2.15. The Balaban J connectivity index is 2.48. The molecule has 3 heteroatoms. The van der Waals surface area contributed by atoms with Crippen LogP contribution in [0.15, 0.2) is 18.3 Å². The summed E-state index contributed by atoms with van der Waals surface area (Å²) >= 11 is 0. The number of aromatic nitrogens is 1. The van der Waals surface area contributed by atoms with Crippen molar-refractivity contribution in [1.82, 2.24) is 4.98 Å². The quantitative estimate of drug-likeness (QED) is 0.647. The topological polar surface area (TPSA) is 22.1 Å². The molecule has 0 unspecified atom stereocenters. The average molecular weight is 169 g/mol. The second-order valence-corrected chi connectivity index (χ2v) is 2.85. The third-order valence-electron chi connectivity index (χ3n) is 1.37. The molecule has 66 valence electrons. The van der Waals surface area contributed by atoms with E-state index >= 15 is 0 Å². The molecule has 1 aromatic rings. The highest BCUT2D eigenvalue weighted by atomic mass is 19.1. The first-order valence-corrected chi connectivity index (χ1v) is 3.90. The maximum absolute atomic E-state index is 12.3. The van der Waals surface area contributed by atoms with E-state index in [9.17, 15) is 4.39 Å². The van der Waals surface area contributed by atoms with E-state index in [2.05, 4.69) is 4.98 Å². The van der Waals surface area contributed by atoms with Gasteiger partial charge in [0.25, 0.3) is 0 Å². The summed E-state index contributed by atoms with van der Waals surface area (Å²) < 4.78 is 17.6. The molecular formula is C9H12FNO. The lowest BCUT2D eigenvalue weighted by atomic mass is 10.3. The first-order valence-electron chi connectivity index (χ1n) is 3.90. The van der Waals surface area contributed by atoms with Crippen LogP contribution >= 0.6 is 0 Å². The first kappa shape index (κ1) is 9.13. The van der Waals surface area contributed by atoms with Crippen LogP contribution in [0, 0.1) is 5.95 Å². The van der Waals surface area contributed by atoms with Crippen molar-refractivity contribution in [3.05, 3.63) is 29.8 Å². The van der Waals surface area contributed by atoms with E-state index in [0.717, 1.165) is 5.56 Å². The lowest BCUT2D eigenvalue weighted by Crippen LogP contribution is -2.02. The molecule has 0 bridgehead atoms. The summed E-state index contributed by atoms with van der Waals surface area (Å²) in [6.45, 7) is 4.40. The van der Waals surface area contributed by atoms with Gasteiger partial charge in [0.1, 0.15) is 0 Å². The van der Waals surface area contributed by atoms with Crippen LogP contribution in [0.5, 0.6) is 0 Å². The molecule has 0 N–H and O–H groups in total. The summed E-state index contributed by atoms with van der Waals surface area (Å²) in [4.78, 5) is 3.51. The van der Waals surface area contributed by atoms with E-state index < -0.39 is 5.95 Å². The zero-order valence-corrected chi connectivity index (χ0v) is 7.25. The van der Waals surface area contributed by atoms with Crippen LogP contribution < -0.4 is 0 Å². The number of nitrogens with zero attached hydrogens (tertiary/aromatic N) is 1. The normalized spacial score (nSPS) is 10.7. The van der Waals surface area contributed by atoms with Crippen molar-refractivity contribution in [1.29, 1.82) is 0 Å². The third kappa shape index (κ3) is 2.96. The molecule has 0 atom stereocenters. The van der Waals surface area contributed by atoms with Crippen molar-refractivity contribution in [2.75, 3.05) is 0 Å². The van der Waals surface area contributed by atoms with E-state index in [-0.39, 0.29) is 6.10 Å². The van der Waals surface area contributed by atoms with Crippen LogP contribution in [0.3, 0.4) is 0 Å². The highest BCUT2D eigenvalue weighted by molar-refractivity contribution is 5.07. The van der Waals surface area contributed by atoms with Gasteiger partial charge in [-0.2, -0.15) is 4.39 Å². The highest BCUT2D eigenvalue weighted by Gasteiger charge is 1.96. The summed E-state index contributed by atoms with van der Waals surface area (Å²) in [6.07, 6.45) is 1.67. The van der Waals surface area contributed by atoms with Gasteiger partial charge in [0.2, 0.25) is 5.95 Å². The highest BCUT2D eigenvalue weighted by Crippen LogP contribution is 2.02. The minimum Gasteiger partial charge on any atom is -0.374 e. The van der Waals surface area contributed by atoms with Crippen LogP contribution in [0.1, 0.15) is 19.4 Å². The van der Waals surface area contributed by atoms with Crippen molar-refractivity contribution in [2.45, 2.75) is 26.6 Å². The Morgan fingerprint density at radius 1 is 1.50 bits per heavy atom. The number of rotatable bonds is 3. The number of hydrogen-bond acceptors (Lipinski definition) is 2. The molecule has 1 heterocycles. The zero-order chi connectivity index (χ0) is 8.97. The largest absolute Gasteiger partial charge is 0.374 e. The van der Waals surface area contributed by atoms with Gasteiger partial charge in [-0.15, -0.1) is 0 Å². The minimum atomic E-state index is -0.455. The van der Waals surface area contributed by atoms with Gasteiger partial charge < -0.3 is 4.74 Å². The maximum atomic E-state index is 12.3. The molecule has 0 spiro atoms. The van der Waals surface area contributed by atoms with E-state index in [1.807, 2.05) is 13.8 Å². The Morgan fingerprint density at radius 3 is 2.75 bits per heavy atom. The maximum Gasteiger partial charge on any atom is 0.212 e. The smallest absolute Gasteiger partial charge is 0.212 e. The Hall–Kier alpha value is -0.960. The zero-order valence-electron chi connectivity index (χ0n) is 7.25. The number of halogens is 1. The molecule has 0 aliphatic rings. The predicted molar refractivity (Wildman–Crippen MR) is 44.1 cm³/mol.